The number of carbonyl (C=O) groups excluding carboxylic acids is 3. The van der Waals surface area contributed by atoms with Crippen LogP contribution in [0.25, 0.3) is 0 Å². The molecule has 1 N–H and O–H groups in total. The third-order valence-electron chi connectivity index (χ3n) is 6.88. The molecule has 2 amide bonds. The van der Waals surface area contributed by atoms with E-state index in [1.165, 1.54) is 0 Å². The second kappa shape index (κ2) is 9.69. The molecule has 31 heavy (non-hydrogen) atoms. The van der Waals surface area contributed by atoms with E-state index in [2.05, 4.69) is 6.58 Å². The fourth-order valence-electron chi connectivity index (χ4n) is 5.60. The average Bonchev–Trinajstić information content (AvgIpc) is 3.36. The minimum atomic E-state index is -0.985. The van der Waals surface area contributed by atoms with E-state index in [9.17, 15) is 14.4 Å². The lowest BCUT2D eigenvalue weighted by Crippen LogP contribution is -2.57. The highest BCUT2D eigenvalue weighted by Crippen LogP contribution is 2.58. The molecule has 3 saturated heterocycles. The van der Waals surface area contributed by atoms with Crippen molar-refractivity contribution in [3.8, 4) is 0 Å². The third kappa shape index (κ3) is 4.00. The maximum atomic E-state index is 13.8. The SMILES string of the molecule is C=CCN(C(=O)C1N(CCCCCO)C(=O)[C@@H]2[C@H](C(=O)OCC)[C@@H]3CCC12O3)C(C)C. The summed E-state index contributed by atoms with van der Waals surface area (Å²) in [7, 11) is 0. The summed E-state index contributed by atoms with van der Waals surface area (Å²) in [5.41, 5.74) is -0.985. The Kier molecular flexibility index (Phi) is 7.42. The Morgan fingerprint density at radius 2 is 2.13 bits per heavy atom. The van der Waals surface area contributed by atoms with Crippen molar-refractivity contribution < 1.29 is 29.0 Å². The van der Waals surface area contributed by atoms with Crippen LogP contribution >= 0.6 is 0 Å². The Labute approximate surface area is 184 Å². The van der Waals surface area contributed by atoms with E-state index in [1.54, 1.807) is 22.8 Å². The van der Waals surface area contributed by atoms with Crippen LogP contribution in [0.3, 0.4) is 0 Å². The Bertz CT molecular complexity index is 710. The Morgan fingerprint density at radius 3 is 2.74 bits per heavy atom. The summed E-state index contributed by atoms with van der Waals surface area (Å²) in [6.07, 6.45) is 4.59. The number of ether oxygens (including phenoxy) is 2. The number of likely N-dealkylation sites (tertiary alicyclic amines) is 1. The summed E-state index contributed by atoms with van der Waals surface area (Å²) < 4.78 is 11.6. The highest BCUT2D eigenvalue weighted by Gasteiger charge is 2.75. The normalized spacial score (nSPS) is 31.3. The lowest BCUT2D eigenvalue weighted by molar-refractivity contribution is -0.155. The number of hydrogen-bond acceptors (Lipinski definition) is 6. The monoisotopic (exact) mass is 436 g/mol. The first kappa shape index (κ1) is 23.7. The minimum absolute atomic E-state index is 0.0632. The number of carbonyl (C=O) groups is 3. The van der Waals surface area contributed by atoms with E-state index in [0.29, 0.717) is 38.8 Å². The molecule has 3 heterocycles. The number of unbranched alkanes of at least 4 members (excludes halogenated alkanes) is 2. The van der Waals surface area contributed by atoms with Gasteiger partial charge in [-0.05, 0) is 52.9 Å². The van der Waals surface area contributed by atoms with Gasteiger partial charge in [0, 0.05) is 25.7 Å². The summed E-state index contributed by atoms with van der Waals surface area (Å²) in [6.45, 7) is 10.5. The number of hydrogen-bond donors (Lipinski definition) is 1. The molecule has 3 aliphatic heterocycles. The predicted molar refractivity (Wildman–Crippen MR) is 114 cm³/mol. The van der Waals surface area contributed by atoms with E-state index in [0.717, 1.165) is 6.42 Å². The van der Waals surface area contributed by atoms with Gasteiger partial charge in [0.05, 0.1) is 24.5 Å². The van der Waals surface area contributed by atoms with Gasteiger partial charge in [-0.15, -0.1) is 6.58 Å². The highest BCUT2D eigenvalue weighted by atomic mass is 16.6. The van der Waals surface area contributed by atoms with Crippen LogP contribution in [0.15, 0.2) is 12.7 Å². The van der Waals surface area contributed by atoms with Crippen molar-refractivity contribution in [2.45, 2.75) is 76.7 Å². The van der Waals surface area contributed by atoms with Crippen LogP contribution in [0.1, 0.15) is 52.9 Å². The Balaban J connectivity index is 1.96. The van der Waals surface area contributed by atoms with Crippen molar-refractivity contribution >= 4 is 17.8 Å². The summed E-state index contributed by atoms with van der Waals surface area (Å²) >= 11 is 0. The van der Waals surface area contributed by atoms with Gasteiger partial charge in [-0.2, -0.15) is 0 Å². The standard InChI is InChI=1S/C23H36N2O6/c1-5-12-24(15(3)4)21(28)19-23-11-10-16(31-23)17(22(29)30-6-2)18(23)20(27)25(19)13-8-7-9-14-26/h5,15-19,26H,1,6-14H2,2-4H3/t16-,17+,18-,19?,23?/m0/s1. The fourth-order valence-corrected chi connectivity index (χ4v) is 5.60. The number of fused-ring (bicyclic) bond motifs is 1. The molecule has 174 valence electrons. The first-order chi connectivity index (χ1) is 14.8. The van der Waals surface area contributed by atoms with Crippen molar-refractivity contribution in [1.82, 2.24) is 9.80 Å². The third-order valence-corrected chi connectivity index (χ3v) is 6.88. The van der Waals surface area contributed by atoms with Gasteiger partial charge in [-0.25, -0.2) is 0 Å². The van der Waals surface area contributed by atoms with Crippen LogP contribution in [0, 0.1) is 11.8 Å². The minimum Gasteiger partial charge on any atom is -0.466 e. The molecule has 8 nitrogen and oxygen atoms in total. The van der Waals surface area contributed by atoms with Crippen molar-refractivity contribution in [3.05, 3.63) is 12.7 Å². The van der Waals surface area contributed by atoms with Crippen molar-refractivity contribution in [3.63, 3.8) is 0 Å². The van der Waals surface area contributed by atoms with Crippen LogP contribution in [0.4, 0.5) is 0 Å². The number of esters is 1. The molecule has 0 radical (unpaired) electrons. The molecular formula is C23H36N2O6. The van der Waals surface area contributed by atoms with E-state index in [-0.39, 0.29) is 37.2 Å². The number of amides is 2. The predicted octanol–water partition coefficient (Wildman–Crippen LogP) is 1.51. The van der Waals surface area contributed by atoms with Gasteiger partial charge in [0.2, 0.25) is 11.8 Å². The van der Waals surface area contributed by atoms with Gasteiger partial charge in [0.15, 0.2) is 0 Å². The quantitative estimate of drug-likeness (QED) is 0.300. The van der Waals surface area contributed by atoms with Crippen molar-refractivity contribution in [1.29, 1.82) is 0 Å². The zero-order valence-electron chi connectivity index (χ0n) is 18.9. The first-order valence-corrected chi connectivity index (χ1v) is 11.5. The summed E-state index contributed by atoms with van der Waals surface area (Å²) in [5.74, 6) is -2.10. The van der Waals surface area contributed by atoms with Gasteiger partial charge in [0.25, 0.3) is 0 Å². The van der Waals surface area contributed by atoms with Crippen LogP contribution in [0.5, 0.6) is 0 Å². The number of nitrogens with zero attached hydrogens (tertiary/aromatic N) is 2. The second-order valence-corrected chi connectivity index (χ2v) is 9.00. The van der Waals surface area contributed by atoms with E-state index < -0.39 is 29.4 Å². The fraction of sp³-hybridized carbons (Fsp3) is 0.783. The van der Waals surface area contributed by atoms with Crippen LogP contribution < -0.4 is 0 Å². The zero-order valence-corrected chi connectivity index (χ0v) is 18.9. The van der Waals surface area contributed by atoms with E-state index in [1.807, 2.05) is 13.8 Å². The first-order valence-electron chi connectivity index (χ1n) is 11.5. The molecule has 1 spiro atoms. The molecule has 2 unspecified atom stereocenters. The smallest absolute Gasteiger partial charge is 0.312 e. The van der Waals surface area contributed by atoms with Gasteiger partial charge in [-0.1, -0.05) is 6.08 Å². The highest BCUT2D eigenvalue weighted by molar-refractivity contribution is 5.98. The molecule has 3 rings (SSSR count). The molecule has 5 atom stereocenters. The molecule has 0 aliphatic carbocycles. The zero-order chi connectivity index (χ0) is 22.8. The van der Waals surface area contributed by atoms with Gasteiger partial charge >= 0.3 is 5.97 Å². The average molecular weight is 437 g/mol. The summed E-state index contributed by atoms with van der Waals surface area (Å²) in [4.78, 5) is 43.5. The number of aliphatic hydroxyl groups is 1. The molecule has 0 aromatic heterocycles. The van der Waals surface area contributed by atoms with Gasteiger partial charge in [-0.3, -0.25) is 14.4 Å². The van der Waals surface area contributed by atoms with Gasteiger partial charge in [0.1, 0.15) is 11.6 Å². The lowest BCUT2D eigenvalue weighted by atomic mass is 9.70. The number of rotatable bonds is 11. The molecule has 3 fully saturated rings. The second-order valence-electron chi connectivity index (χ2n) is 9.00. The van der Waals surface area contributed by atoms with E-state index >= 15 is 0 Å². The lowest BCUT2D eigenvalue weighted by Gasteiger charge is -2.38. The topological polar surface area (TPSA) is 96.4 Å². The molecule has 3 aliphatic rings. The van der Waals surface area contributed by atoms with Crippen molar-refractivity contribution in [2.24, 2.45) is 11.8 Å². The molecule has 8 heteroatoms. The molecule has 0 aromatic carbocycles. The molecular weight excluding hydrogens is 400 g/mol. The molecule has 0 aromatic rings. The maximum absolute atomic E-state index is 13.8. The van der Waals surface area contributed by atoms with Gasteiger partial charge < -0.3 is 24.4 Å². The van der Waals surface area contributed by atoms with Crippen LogP contribution in [-0.2, 0) is 23.9 Å². The number of aliphatic hydroxyl groups excluding tert-OH is 1. The molecule has 0 saturated carbocycles. The summed E-state index contributed by atoms with van der Waals surface area (Å²) in [6, 6.07) is -0.822. The molecule has 2 bridgehead atoms. The summed E-state index contributed by atoms with van der Waals surface area (Å²) in [5, 5.41) is 9.08. The van der Waals surface area contributed by atoms with E-state index in [4.69, 9.17) is 14.6 Å². The Hall–Kier alpha value is -1.93. The van der Waals surface area contributed by atoms with Crippen LogP contribution in [-0.4, -0.2) is 82.8 Å². The maximum Gasteiger partial charge on any atom is 0.312 e. The Morgan fingerprint density at radius 1 is 1.39 bits per heavy atom. The van der Waals surface area contributed by atoms with Crippen LogP contribution in [0.2, 0.25) is 0 Å². The van der Waals surface area contributed by atoms with Crippen molar-refractivity contribution in [2.75, 3.05) is 26.3 Å². The largest absolute Gasteiger partial charge is 0.466 e.